The van der Waals surface area contributed by atoms with Gasteiger partial charge < -0.3 is 10.4 Å². The van der Waals surface area contributed by atoms with Crippen LogP contribution in [-0.4, -0.2) is 27.7 Å². The summed E-state index contributed by atoms with van der Waals surface area (Å²) < 4.78 is 0. The SMILES string of the molecule is Cc1cnc(NCC2CCC(O)CC2)c([N+](=O)[O-])c1. The highest BCUT2D eigenvalue weighted by atomic mass is 16.6. The Balaban J connectivity index is 1.97. The van der Waals surface area contributed by atoms with E-state index in [-0.39, 0.29) is 11.8 Å². The summed E-state index contributed by atoms with van der Waals surface area (Å²) in [5, 5.41) is 23.5. The Bertz CT molecular complexity index is 456. The molecule has 6 heteroatoms. The Morgan fingerprint density at radius 3 is 2.79 bits per heavy atom. The highest BCUT2D eigenvalue weighted by Gasteiger charge is 2.21. The van der Waals surface area contributed by atoms with Crippen LogP contribution in [0.3, 0.4) is 0 Å². The van der Waals surface area contributed by atoms with Crippen molar-refractivity contribution in [2.45, 2.75) is 38.7 Å². The van der Waals surface area contributed by atoms with Gasteiger partial charge in [0.1, 0.15) is 0 Å². The van der Waals surface area contributed by atoms with Crippen LogP contribution in [0.1, 0.15) is 31.2 Å². The Morgan fingerprint density at radius 2 is 2.16 bits per heavy atom. The van der Waals surface area contributed by atoms with Crippen LogP contribution in [0.5, 0.6) is 0 Å². The first-order chi connectivity index (χ1) is 9.06. The Labute approximate surface area is 112 Å². The molecule has 0 atom stereocenters. The van der Waals surface area contributed by atoms with Crippen LogP contribution in [0.25, 0.3) is 0 Å². The molecule has 0 spiro atoms. The molecule has 2 rings (SSSR count). The summed E-state index contributed by atoms with van der Waals surface area (Å²) in [6.07, 6.45) is 4.98. The van der Waals surface area contributed by atoms with Crippen molar-refractivity contribution in [3.05, 3.63) is 27.9 Å². The number of nitrogens with one attached hydrogen (secondary N) is 1. The lowest BCUT2D eigenvalue weighted by molar-refractivity contribution is -0.384. The number of pyridine rings is 1. The molecule has 0 amide bonds. The third-order valence-electron chi connectivity index (χ3n) is 3.58. The zero-order chi connectivity index (χ0) is 13.8. The van der Waals surface area contributed by atoms with Crippen LogP contribution in [0.15, 0.2) is 12.3 Å². The van der Waals surface area contributed by atoms with Crippen LogP contribution in [-0.2, 0) is 0 Å². The predicted octanol–water partition coefficient (Wildman–Crippen LogP) is 2.26. The molecule has 6 nitrogen and oxygen atoms in total. The van der Waals surface area contributed by atoms with Crippen LogP contribution in [0.2, 0.25) is 0 Å². The molecule has 0 radical (unpaired) electrons. The van der Waals surface area contributed by atoms with Gasteiger partial charge in [-0.25, -0.2) is 4.98 Å². The van der Waals surface area contributed by atoms with E-state index in [4.69, 9.17) is 0 Å². The molecule has 1 saturated carbocycles. The number of hydrogen-bond donors (Lipinski definition) is 2. The molecule has 19 heavy (non-hydrogen) atoms. The minimum atomic E-state index is -0.410. The Morgan fingerprint density at radius 1 is 1.47 bits per heavy atom. The van der Waals surface area contributed by atoms with E-state index < -0.39 is 4.92 Å². The lowest BCUT2D eigenvalue weighted by Gasteiger charge is -2.25. The number of rotatable bonds is 4. The van der Waals surface area contributed by atoms with Gasteiger partial charge in [-0.15, -0.1) is 0 Å². The molecule has 0 aliphatic heterocycles. The summed E-state index contributed by atoms with van der Waals surface area (Å²) in [6, 6.07) is 1.53. The molecule has 1 fully saturated rings. The molecule has 0 bridgehead atoms. The minimum Gasteiger partial charge on any atom is -0.393 e. The number of aromatic nitrogens is 1. The predicted molar refractivity (Wildman–Crippen MR) is 72.1 cm³/mol. The van der Waals surface area contributed by atoms with Gasteiger partial charge in [0.2, 0.25) is 5.82 Å². The molecular formula is C13H19N3O3. The monoisotopic (exact) mass is 265 g/mol. The molecule has 1 aliphatic carbocycles. The number of anilines is 1. The van der Waals surface area contributed by atoms with Crippen molar-refractivity contribution in [3.63, 3.8) is 0 Å². The van der Waals surface area contributed by atoms with Gasteiger partial charge in [-0.2, -0.15) is 0 Å². The third-order valence-corrected chi connectivity index (χ3v) is 3.58. The quantitative estimate of drug-likeness (QED) is 0.644. The third kappa shape index (κ3) is 3.64. The molecular weight excluding hydrogens is 246 g/mol. The lowest BCUT2D eigenvalue weighted by Crippen LogP contribution is -2.24. The van der Waals surface area contributed by atoms with E-state index in [2.05, 4.69) is 10.3 Å². The number of hydrogen-bond acceptors (Lipinski definition) is 5. The van der Waals surface area contributed by atoms with E-state index in [0.29, 0.717) is 18.3 Å². The fraction of sp³-hybridized carbons (Fsp3) is 0.615. The summed E-state index contributed by atoms with van der Waals surface area (Å²) in [6.45, 7) is 2.45. The summed E-state index contributed by atoms with van der Waals surface area (Å²) in [4.78, 5) is 14.6. The van der Waals surface area contributed by atoms with Crippen LogP contribution < -0.4 is 5.32 Å². The van der Waals surface area contributed by atoms with E-state index >= 15 is 0 Å². The van der Waals surface area contributed by atoms with E-state index in [0.717, 1.165) is 31.2 Å². The molecule has 1 aliphatic rings. The van der Waals surface area contributed by atoms with Crippen molar-refractivity contribution in [2.75, 3.05) is 11.9 Å². The average Bonchev–Trinajstić information content (AvgIpc) is 2.39. The first kappa shape index (κ1) is 13.7. The number of nitro groups is 1. The average molecular weight is 265 g/mol. The lowest BCUT2D eigenvalue weighted by atomic mass is 9.87. The highest BCUT2D eigenvalue weighted by molar-refractivity contribution is 5.56. The van der Waals surface area contributed by atoms with Gasteiger partial charge in [-0.3, -0.25) is 10.1 Å². The number of aryl methyl sites for hydroxylation is 1. The van der Waals surface area contributed by atoms with E-state index in [1.807, 2.05) is 0 Å². The molecule has 1 aromatic rings. The topological polar surface area (TPSA) is 88.3 Å². The smallest absolute Gasteiger partial charge is 0.311 e. The van der Waals surface area contributed by atoms with Crippen molar-refractivity contribution in [1.29, 1.82) is 0 Å². The van der Waals surface area contributed by atoms with Crippen molar-refractivity contribution < 1.29 is 10.0 Å². The summed E-state index contributed by atoms with van der Waals surface area (Å²) in [5.41, 5.74) is 0.800. The van der Waals surface area contributed by atoms with Crippen LogP contribution >= 0.6 is 0 Å². The van der Waals surface area contributed by atoms with Crippen molar-refractivity contribution >= 4 is 11.5 Å². The van der Waals surface area contributed by atoms with E-state index in [1.54, 1.807) is 13.1 Å². The molecule has 0 aromatic carbocycles. The maximum absolute atomic E-state index is 11.0. The fourth-order valence-corrected chi connectivity index (χ4v) is 2.42. The zero-order valence-corrected chi connectivity index (χ0v) is 11.0. The van der Waals surface area contributed by atoms with Gasteiger partial charge in [0, 0.05) is 18.8 Å². The largest absolute Gasteiger partial charge is 0.393 e. The van der Waals surface area contributed by atoms with Gasteiger partial charge in [-0.05, 0) is 44.1 Å². The second kappa shape index (κ2) is 5.97. The van der Waals surface area contributed by atoms with Crippen molar-refractivity contribution in [3.8, 4) is 0 Å². The van der Waals surface area contributed by atoms with Gasteiger partial charge in [0.25, 0.3) is 0 Å². The number of aliphatic hydroxyl groups is 1. The molecule has 1 heterocycles. The highest BCUT2D eigenvalue weighted by Crippen LogP contribution is 2.26. The van der Waals surface area contributed by atoms with Crippen LogP contribution in [0, 0.1) is 23.0 Å². The maximum atomic E-state index is 11.0. The standard InChI is InChI=1S/C13H19N3O3/c1-9-6-12(16(18)19)13(14-7-9)15-8-10-2-4-11(17)5-3-10/h6-7,10-11,17H,2-5,8H2,1H3,(H,14,15). The first-order valence-electron chi connectivity index (χ1n) is 6.59. The summed E-state index contributed by atoms with van der Waals surface area (Å²) in [5.74, 6) is 0.785. The van der Waals surface area contributed by atoms with Crippen molar-refractivity contribution in [2.24, 2.45) is 5.92 Å². The second-order valence-corrected chi connectivity index (χ2v) is 5.19. The zero-order valence-electron chi connectivity index (χ0n) is 11.0. The molecule has 104 valence electrons. The molecule has 0 saturated heterocycles. The summed E-state index contributed by atoms with van der Waals surface area (Å²) >= 11 is 0. The molecule has 1 aromatic heterocycles. The number of nitrogens with zero attached hydrogens (tertiary/aromatic N) is 2. The molecule has 0 unspecified atom stereocenters. The van der Waals surface area contributed by atoms with Gasteiger partial charge >= 0.3 is 5.69 Å². The second-order valence-electron chi connectivity index (χ2n) is 5.19. The summed E-state index contributed by atoms with van der Waals surface area (Å²) in [7, 11) is 0. The Hall–Kier alpha value is -1.69. The van der Waals surface area contributed by atoms with Gasteiger partial charge in [-0.1, -0.05) is 0 Å². The normalized spacial score (nSPS) is 23.1. The van der Waals surface area contributed by atoms with Gasteiger partial charge in [0.15, 0.2) is 0 Å². The molecule has 2 N–H and O–H groups in total. The van der Waals surface area contributed by atoms with E-state index in [9.17, 15) is 15.2 Å². The van der Waals surface area contributed by atoms with Gasteiger partial charge in [0.05, 0.1) is 11.0 Å². The van der Waals surface area contributed by atoms with Crippen LogP contribution in [0.4, 0.5) is 11.5 Å². The Kier molecular flexibility index (Phi) is 4.31. The van der Waals surface area contributed by atoms with E-state index in [1.165, 1.54) is 6.07 Å². The maximum Gasteiger partial charge on any atom is 0.311 e. The minimum absolute atomic E-state index is 0.0239. The van der Waals surface area contributed by atoms with Crippen molar-refractivity contribution in [1.82, 2.24) is 4.98 Å². The fourth-order valence-electron chi connectivity index (χ4n) is 2.42. The first-order valence-corrected chi connectivity index (χ1v) is 6.59. The number of aliphatic hydroxyl groups excluding tert-OH is 1.